The number of furan rings is 1. The van der Waals surface area contributed by atoms with Gasteiger partial charge in [-0.2, -0.15) is 0 Å². The Morgan fingerprint density at radius 2 is 2.00 bits per heavy atom. The van der Waals surface area contributed by atoms with Gasteiger partial charge in [-0.05, 0) is 18.8 Å². The number of fused-ring (bicyclic) bond motifs is 4. The first-order chi connectivity index (χ1) is 14.6. The topological polar surface area (TPSA) is 109 Å². The van der Waals surface area contributed by atoms with Crippen molar-refractivity contribution in [3.8, 4) is 0 Å². The van der Waals surface area contributed by atoms with Crippen molar-refractivity contribution in [1.82, 2.24) is 0 Å². The summed E-state index contributed by atoms with van der Waals surface area (Å²) in [5.41, 5.74) is -0.869. The molecule has 1 aromatic heterocycles. The molecule has 4 aliphatic rings. The third-order valence-electron chi connectivity index (χ3n) is 8.31. The number of ether oxygens (including phenoxy) is 3. The third kappa shape index (κ3) is 2.45. The normalized spacial score (nSPS) is 40.6. The summed E-state index contributed by atoms with van der Waals surface area (Å²) in [4.78, 5) is 51.3. The second-order valence-corrected chi connectivity index (χ2v) is 9.74. The molecule has 3 aliphatic carbocycles. The summed E-state index contributed by atoms with van der Waals surface area (Å²) in [6.07, 6.45) is 1.26. The fourth-order valence-electron chi connectivity index (χ4n) is 6.99. The van der Waals surface area contributed by atoms with E-state index in [1.807, 2.05) is 13.8 Å². The van der Waals surface area contributed by atoms with Gasteiger partial charge in [0.05, 0.1) is 6.61 Å². The number of carbonyl (C=O) groups excluding carboxylic acids is 4. The summed E-state index contributed by atoms with van der Waals surface area (Å²) in [5.74, 6) is -2.24. The van der Waals surface area contributed by atoms with Gasteiger partial charge in [0.15, 0.2) is 5.76 Å². The van der Waals surface area contributed by atoms with Gasteiger partial charge in [-0.25, -0.2) is 4.79 Å². The zero-order valence-corrected chi connectivity index (χ0v) is 18.1. The second-order valence-electron chi connectivity index (χ2n) is 9.74. The lowest BCUT2D eigenvalue weighted by molar-refractivity contribution is -0.172. The number of hydrogen-bond acceptors (Lipinski definition) is 8. The van der Waals surface area contributed by atoms with Crippen molar-refractivity contribution in [2.75, 3.05) is 13.7 Å². The maximum absolute atomic E-state index is 13.8. The van der Waals surface area contributed by atoms with Crippen LogP contribution in [0.5, 0.6) is 0 Å². The Balaban J connectivity index is 1.76. The van der Waals surface area contributed by atoms with Crippen LogP contribution in [0, 0.1) is 23.2 Å². The van der Waals surface area contributed by atoms with Crippen molar-refractivity contribution in [3.63, 3.8) is 0 Å². The van der Waals surface area contributed by atoms with Gasteiger partial charge in [0.2, 0.25) is 5.78 Å². The molecule has 7 atom stereocenters. The van der Waals surface area contributed by atoms with Crippen LogP contribution >= 0.6 is 0 Å². The molecule has 5 rings (SSSR count). The van der Waals surface area contributed by atoms with Crippen LogP contribution in [0.2, 0.25) is 0 Å². The van der Waals surface area contributed by atoms with Gasteiger partial charge in [0, 0.05) is 48.7 Å². The summed E-state index contributed by atoms with van der Waals surface area (Å²) in [5, 5.41) is 0. The smallest absolute Gasteiger partial charge is 0.342 e. The zero-order valence-electron chi connectivity index (χ0n) is 18.1. The lowest BCUT2D eigenvalue weighted by Crippen LogP contribution is -2.65. The Bertz CT molecular complexity index is 1010. The van der Waals surface area contributed by atoms with Crippen LogP contribution in [0.15, 0.2) is 10.7 Å². The van der Waals surface area contributed by atoms with Gasteiger partial charge < -0.3 is 18.6 Å². The second kappa shape index (κ2) is 6.51. The molecule has 0 radical (unpaired) electrons. The molecule has 8 heteroatoms. The Kier molecular flexibility index (Phi) is 4.29. The minimum absolute atomic E-state index is 0.0977. The molecule has 0 saturated heterocycles. The molecule has 31 heavy (non-hydrogen) atoms. The molecular formula is C23H26O8. The van der Waals surface area contributed by atoms with Gasteiger partial charge in [-0.3, -0.25) is 14.4 Å². The molecule has 2 unspecified atom stereocenters. The molecule has 0 N–H and O–H groups in total. The van der Waals surface area contributed by atoms with E-state index in [0.29, 0.717) is 24.8 Å². The Morgan fingerprint density at radius 3 is 2.68 bits per heavy atom. The first kappa shape index (κ1) is 20.4. The highest BCUT2D eigenvalue weighted by Gasteiger charge is 2.69. The average Bonchev–Trinajstić information content (AvgIpc) is 3.27. The highest BCUT2D eigenvalue weighted by molar-refractivity contribution is 6.05. The maximum Gasteiger partial charge on any atom is 0.342 e. The van der Waals surface area contributed by atoms with Crippen LogP contribution in [0.1, 0.15) is 66.5 Å². The van der Waals surface area contributed by atoms with Gasteiger partial charge >= 0.3 is 11.9 Å². The fraction of sp³-hybridized carbons (Fsp3) is 0.652. The molecule has 2 heterocycles. The Labute approximate surface area is 179 Å². The number of hydrogen-bond donors (Lipinski definition) is 0. The van der Waals surface area contributed by atoms with Crippen LogP contribution in [0.3, 0.4) is 0 Å². The van der Waals surface area contributed by atoms with Crippen LogP contribution in [-0.2, 0) is 29.2 Å². The highest BCUT2D eigenvalue weighted by atomic mass is 16.6. The predicted molar refractivity (Wildman–Crippen MR) is 104 cm³/mol. The standard InChI is InChI=1S/C23H26O8/c1-10(24)30-13-7-22(2)12(5-6-14(22)25)16-18(13)23(3)15(9-28-4)31-21(27)11-8-29-20(17(11)23)19(16)26/h8,12-13,15-16,18H,5-7,9H2,1-4H3/t12-,13+,15+,16?,18?,22-,23-/m0/s1. The van der Waals surface area contributed by atoms with E-state index in [0.717, 1.165) is 0 Å². The van der Waals surface area contributed by atoms with Crippen LogP contribution in [0.25, 0.3) is 0 Å². The third-order valence-corrected chi connectivity index (χ3v) is 8.31. The molecule has 0 bridgehead atoms. The molecule has 0 aromatic carbocycles. The Hall–Kier alpha value is -2.48. The lowest BCUT2D eigenvalue weighted by Gasteiger charge is -2.58. The Morgan fingerprint density at radius 1 is 1.26 bits per heavy atom. The molecule has 1 aliphatic heterocycles. The van der Waals surface area contributed by atoms with E-state index in [9.17, 15) is 19.2 Å². The monoisotopic (exact) mass is 430 g/mol. The van der Waals surface area contributed by atoms with Crippen LogP contribution < -0.4 is 0 Å². The molecular weight excluding hydrogens is 404 g/mol. The number of Topliss-reactive ketones (excluding diaryl/α,β-unsaturated/α-hetero) is 2. The van der Waals surface area contributed by atoms with Gasteiger partial charge in [-0.15, -0.1) is 0 Å². The largest absolute Gasteiger partial charge is 0.462 e. The minimum Gasteiger partial charge on any atom is -0.462 e. The van der Waals surface area contributed by atoms with Gasteiger partial charge in [-0.1, -0.05) is 13.8 Å². The number of methoxy groups -OCH3 is 1. The highest BCUT2D eigenvalue weighted by Crippen LogP contribution is 2.63. The van der Waals surface area contributed by atoms with Crippen molar-refractivity contribution in [3.05, 3.63) is 23.2 Å². The van der Waals surface area contributed by atoms with E-state index in [1.54, 1.807) is 0 Å². The lowest BCUT2D eigenvalue weighted by atomic mass is 9.47. The molecule has 166 valence electrons. The fourth-order valence-corrected chi connectivity index (χ4v) is 6.99. The van der Waals surface area contributed by atoms with E-state index in [1.165, 1.54) is 20.3 Å². The summed E-state index contributed by atoms with van der Waals surface area (Å²) in [6.45, 7) is 5.26. The number of esters is 2. The minimum atomic E-state index is -0.868. The summed E-state index contributed by atoms with van der Waals surface area (Å²) in [6, 6.07) is 0. The van der Waals surface area contributed by atoms with Crippen molar-refractivity contribution in [2.45, 2.75) is 57.7 Å². The van der Waals surface area contributed by atoms with Crippen LogP contribution in [-0.4, -0.2) is 49.4 Å². The van der Waals surface area contributed by atoms with E-state index < -0.39 is 46.8 Å². The summed E-state index contributed by atoms with van der Waals surface area (Å²) < 4.78 is 22.6. The summed E-state index contributed by atoms with van der Waals surface area (Å²) in [7, 11) is 1.52. The van der Waals surface area contributed by atoms with Crippen molar-refractivity contribution in [1.29, 1.82) is 0 Å². The molecule has 1 aromatic rings. The van der Waals surface area contributed by atoms with E-state index in [2.05, 4.69) is 0 Å². The molecule has 8 nitrogen and oxygen atoms in total. The number of rotatable bonds is 3. The number of ketones is 2. The first-order valence-corrected chi connectivity index (χ1v) is 10.7. The van der Waals surface area contributed by atoms with E-state index in [-0.39, 0.29) is 35.4 Å². The number of cyclic esters (lactones) is 1. The van der Waals surface area contributed by atoms with Crippen molar-refractivity contribution >= 4 is 23.5 Å². The maximum atomic E-state index is 13.8. The van der Waals surface area contributed by atoms with Crippen LogP contribution in [0.4, 0.5) is 0 Å². The number of carbonyl (C=O) groups is 4. The first-order valence-electron chi connectivity index (χ1n) is 10.7. The van der Waals surface area contributed by atoms with Gasteiger partial charge in [0.1, 0.15) is 29.8 Å². The molecule has 0 amide bonds. The van der Waals surface area contributed by atoms with Gasteiger partial charge in [0.25, 0.3) is 0 Å². The predicted octanol–water partition coefficient (Wildman–Crippen LogP) is 2.47. The van der Waals surface area contributed by atoms with E-state index in [4.69, 9.17) is 18.6 Å². The van der Waals surface area contributed by atoms with Crippen molar-refractivity contribution < 1.29 is 37.8 Å². The molecule has 0 spiro atoms. The van der Waals surface area contributed by atoms with E-state index >= 15 is 0 Å². The summed E-state index contributed by atoms with van der Waals surface area (Å²) >= 11 is 0. The zero-order chi connectivity index (χ0) is 22.3. The average molecular weight is 430 g/mol. The molecule has 2 saturated carbocycles. The molecule has 2 fully saturated rings. The quantitative estimate of drug-likeness (QED) is 0.673. The van der Waals surface area contributed by atoms with Crippen molar-refractivity contribution in [2.24, 2.45) is 23.2 Å². The SMILES string of the molecule is COC[C@H]1OC(=O)c2coc3c2[C@@]1(C)C1C(C3=O)[C@@H]2CCC(=O)[C@@]2(C)C[C@H]1OC(C)=O.